The van der Waals surface area contributed by atoms with Gasteiger partial charge < -0.3 is 15.2 Å². The average Bonchev–Trinajstić information content (AvgIpc) is 3.59. The van der Waals surface area contributed by atoms with E-state index in [1.807, 2.05) is 0 Å². The molecule has 2 aliphatic rings. The second kappa shape index (κ2) is 9.84. The Kier molecular flexibility index (Phi) is 6.94. The molecule has 13 heteroatoms. The predicted octanol–water partition coefficient (Wildman–Crippen LogP) is 5.46. The minimum atomic E-state index is -4.31. The molecule has 0 saturated heterocycles. The van der Waals surface area contributed by atoms with Crippen LogP contribution in [0.15, 0.2) is 41.7 Å². The summed E-state index contributed by atoms with van der Waals surface area (Å²) in [5.41, 5.74) is 6.25. The third kappa shape index (κ3) is 5.02. The van der Waals surface area contributed by atoms with Crippen LogP contribution in [0.2, 0.25) is 0 Å². The number of nitrogens with two attached hydrogens (primary N) is 1. The van der Waals surface area contributed by atoms with Gasteiger partial charge in [-0.15, -0.1) is 0 Å². The number of pyridine rings is 2. The molecule has 1 fully saturated rings. The summed E-state index contributed by atoms with van der Waals surface area (Å²) in [7, 11) is 1.57. The second-order valence-electron chi connectivity index (χ2n) is 9.92. The van der Waals surface area contributed by atoms with E-state index >= 15 is 4.39 Å². The van der Waals surface area contributed by atoms with E-state index < -0.39 is 36.1 Å². The Labute approximate surface area is 224 Å². The number of alkyl halides is 4. The number of ether oxygens (including phenoxy) is 2. The molecule has 1 aromatic carbocycles. The van der Waals surface area contributed by atoms with E-state index in [-0.39, 0.29) is 33.6 Å². The number of benzene rings is 1. The third-order valence-electron chi connectivity index (χ3n) is 7.15. The molecule has 0 radical (unpaired) electrons. The van der Waals surface area contributed by atoms with Gasteiger partial charge in [-0.3, -0.25) is 15.0 Å². The zero-order valence-electron chi connectivity index (χ0n) is 20.9. The lowest BCUT2D eigenvalue weighted by Crippen LogP contribution is -2.38. The molecule has 1 saturated carbocycles. The molecule has 5 rings (SSSR count). The van der Waals surface area contributed by atoms with Gasteiger partial charge in [0, 0.05) is 36.6 Å². The molecule has 1 aliphatic heterocycles. The Morgan fingerprint density at radius 1 is 1.21 bits per heavy atom. The van der Waals surface area contributed by atoms with Crippen LogP contribution in [0.25, 0.3) is 10.9 Å². The summed E-state index contributed by atoms with van der Waals surface area (Å²) in [6.07, 6.45) is -0.565. The van der Waals surface area contributed by atoms with Gasteiger partial charge in [-0.1, -0.05) is 11.8 Å². The fourth-order valence-corrected chi connectivity index (χ4v) is 6.64. The molecule has 6 nitrogen and oxygen atoms in total. The first-order chi connectivity index (χ1) is 18.4. The highest BCUT2D eigenvalue weighted by atomic mass is 32.2. The summed E-state index contributed by atoms with van der Waals surface area (Å²) < 4.78 is 91.3. The van der Waals surface area contributed by atoms with Crippen LogP contribution in [-0.4, -0.2) is 52.6 Å². The third-order valence-corrected chi connectivity index (χ3v) is 8.42. The highest BCUT2D eigenvalue weighted by Gasteiger charge is 2.66. The molecule has 1 aliphatic carbocycles. The van der Waals surface area contributed by atoms with Crippen molar-refractivity contribution in [1.82, 2.24) is 9.97 Å². The summed E-state index contributed by atoms with van der Waals surface area (Å²) in [6.45, 7) is 0.624. The average molecular weight is 571 g/mol. The lowest BCUT2D eigenvalue weighted by Gasteiger charge is -2.34. The second-order valence-corrected chi connectivity index (χ2v) is 11.4. The number of aromatic nitrogens is 2. The number of hydrogen-bond donors (Lipinski definition) is 1. The zero-order valence-corrected chi connectivity index (χ0v) is 21.7. The van der Waals surface area contributed by atoms with E-state index in [1.165, 1.54) is 24.0 Å². The number of fused-ring (bicyclic) bond motifs is 2. The zero-order chi connectivity index (χ0) is 28.2. The van der Waals surface area contributed by atoms with Gasteiger partial charge in [0.1, 0.15) is 5.75 Å². The van der Waals surface area contributed by atoms with Crippen LogP contribution in [-0.2, 0) is 16.7 Å². The number of halogens is 6. The quantitative estimate of drug-likeness (QED) is 0.344. The molecule has 2 N–H and O–H groups in total. The van der Waals surface area contributed by atoms with Crippen LogP contribution >= 0.6 is 11.8 Å². The molecule has 3 atom stereocenters. The van der Waals surface area contributed by atoms with Crippen molar-refractivity contribution in [2.45, 2.75) is 42.4 Å². The SMILES string of the molecule is COC[C@]12C[C@H]1[C@@](C)(c1cc(Cc3nccc4cc(OCC(F)(F)C(F)F)cnc34)cc(F)c1F)N=C(N)S2. The topological polar surface area (TPSA) is 82.6 Å². The summed E-state index contributed by atoms with van der Waals surface area (Å²) in [5.74, 6) is -6.60. The van der Waals surface area contributed by atoms with Crippen molar-refractivity contribution >= 4 is 27.8 Å². The first kappa shape index (κ1) is 27.5. The highest BCUT2D eigenvalue weighted by molar-refractivity contribution is 8.15. The van der Waals surface area contributed by atoms with Crippen LogP contribution in [0, 0.1) is 17.6 Å². The first-order valence-electron chi connectivity index (χ1n) is 11.9. The molecule has 208 valence electrons. The molecule has 0 bridgehead atoms. The maximum atomic E-state index is 15.2. The van der Waals surface area contributed by atoms with Crippen LogP contribution in [0.5, 0.6) is 5.75 Å². The standard InChI is InChI=1S/C26H24F6N4O2S/c1-24(19-9-25(19,11-37-2)39-23(33)36-24)16-5-13(6-17(27)20(16)28)7-18-21-14(3-4-34-18)8-15(10-35-21)38-12-26(31,32)22(29)30/h3-6,8,10,19,22H,7,9,11-12H2,1-2H3,(H2,33,36)/t19-,24+,25+/m0/s1. The minimum Gasteiger partial charge on any atom is -0.485 e. The summed E-state index contributed by atoms with van der Waals surface area (Å²) in [5, 5.41) is 0.717. The summed E-state index contributed by atoms with van der Waals surface area (Å²) >= 11 is 1.39. The predicted molar refractivity (Wildman–Crippen MR) is 134 cm³/mol. The van der Waals surface area contributed by atoms with Gasteiger partial charge in [0.05, 0.1) is 34.3 Å². The Bertz CT molecular complexity index is 1460. The van der Waals surface area contributed by atoms with Crippen molar-refractivity contribution in [3.8, 4) is 5.75 Å². The van der Waals surface area contributed by atoms with Gasteiger partial charge in [-0.2, -0.15) is 8.78 Å². The molecule has 3 heterocycles. The fourth-order valence-electron chi connectivity index (χ4n) is 5.19. The van der Waals surface area contributed by atoms with Crippen LogP contribution in [0.3, 0.4) is 0 Å². The van der Waals surface area contributed by atoms with E-state index in [4.69, 9.17) is 15.2 Å². The molecule has 2 aromatic heterocycles. The Morgan fingerprint density at radius 3 is 2.69 bits per heavy atom. The lowest BCUT2D eigenvalue weighted by atomic mass is 9.84. The normalized spacial score (nSPS) is 24.5. The number of thioether (sulfide) groups is 1. The van der Waals surface area contributed by atoms with Crippen molar-refractivity contribution in [3.05, 3.63) is 65.1 Å². The van der Waals surface area contributed by atoms with Gasteiger partial charge >= 0.3 is 12.3 Å². The largest absolute Gasteiger partial charge is 0.485 e. The maximum Gasteiger partial charge on any atom is 0.340 e. The Balaban J connectivity index is 1.45. The number of amidine groups is 1. The molecular formula is C26H24F6N4O2S. The Morgan fingerprint density at radius 2 is 1.97 bits per heavy atom. The number of aliphatic imine (C=N–C) groups is 1. The Hall–Kier alpha value is -3.06. The van der Waals surface area contributed by atoms with Gasteiger partial charge in [-0.25, -0.2) is 17.6 Å². The van der Waals surface area contributed by atoms with E-state index in [2.05, 4.69) is 15.0 Å². The highest BCUT2D eigenvalue weighted by Crippen LogP contribution is 2.66. The first-order valence-corrected chi connectivity index (χ1v) is 12.7. The van der Waals surface area contributed by atoms with Gasteiger partial charge in [0.15, 0.2) is 23.4 Å². The van der Waals surface area contributed by atoms with E-state index in [0.29, 0.717) is 35.2 Å². The fraction of sp³-hybridized carbons (Fsp3) is 0.423. The smallest absolute Gasteiger partial charge is 0.340 e. The molecule has 3 aromatic rings. The van der Waals surface area contributed by atoms with Gasteiger partial charge in [0.2, 0.25) is 0 Å². The number of nitrogens with zero attached hydrogens (tertiary/aromatic N) is 3. The van der Waals surface area contributed by atoms with Gasteiger partial charge in [-0.05, 0) is 43.2 Å². The van der Waals surface area contributed by atoms with Crippen LogP contribution < -0.4 is 10.5 Å². The van der Waals surface area contributed by atoms with Crippen molar-refractivity contribution in [3.63, 3.8) is 0 Å². The molecule has 0 unspecified atom stereocenters. The molecule has 39 heavy (non-hydrogen) atoms. The van der Waals surface area contributed by atoms with Crippen molar-refractivity contribution in [2.75, 3.05) is 20.3 Å². The maximum absolute atomic E-state index is 15.2. The minimum absolute atomic E-state index is 0.0656. The number of methoxy groups -OCH3 is 1. The lowest BCUT2D eigenvalue weighted by molar-refractivity contribution is -0.148. The van der Waals surface area contributed by atoms with Crippen molar-refractivity contribution < 1.29 is 35.8 Å². The molecular weight excluding hydrogens is 546 g/mol. The van der Waals surface area contributed by atoms with Crippen molar-refractivity contribution in [1.29, 1.82) is 0 Å². The van der Waals surface area contributed by atoms with Crippen LogP contribution in [0.1, 0.15) is 30.2 Å². The summed E-state index contributed by atoms with van der Waals surface area (Å²) in [4.78, 5) is 13.1. The molecule has 0 spiro atoms. The van der Waals surface area contributed by atoms with E-state index in [1.54, 1.807) is 26.2 Å². The van der Waals surface area contributed by atoms with E-state index in [9.17, 15) is 22.0 Å². The number of rotatable bonds is 9. The number of hydrogen-bond acceptors (Lipinski definition) is 7. The van der Waals surface area contributed by atoms with E-state index in [0.717, 1.165) is 12.3 Å². The van der Waals surface area contributed by atoms with Crippen LogP contribution in [0.4, 0.5) is 26.3 Å². The monoisotopic (exact) mass is 570 g/mol. The molecule has 0 amide bonds. The van der Waals surface area contributed by atoms with Gasteiger partial charge in [0.25, 0.3) is 0 Å². The van der Waals surface area contributed by atoms with Crippen molar-refractivity contribution in [2.24, 2.45) is 16.6 Å². The summed E-state index contributed by atoms with van der Waals surface area (Å²) in [6, 6.07) is 5.53.